The van der Waals surface area contributed by atoms with Crippen LogP contribution in [0.3, 0.4) is 0 Å². The average molecular weight is 356 g/mol. The minimum Gasteiger partial charge on any atom is -0.376 e. The fraction of sp³-hybridized carbons (Fsp3) is 0.263. The summed E-state index contributed by atoms with van der Waals surface area (Å²) in [5, 5.41) is 15.0. The molecule has 1 saturated heterocycles. The minimum absolute atomic E-state index is 0.0326. The van der Waals surface area contributed by atoms with Gasteiger partial charge in [0.2, 0.25) is 0 Å². The van der Waals surface area contributed by atoms with Crippen molar-refractivity contribution in [2.75, 3.05) is 31.7 Å². The number of hydrogen-bond donors (Lipinski definition) is 1. The van der Waals surface area contributed by atoms with Gasteiger partial charge >= 0.3 is 0 Å². The van der Waals surface area contributed by atoms with Crippen LogP contribution in [0.15, 0.2) is 48.5 Å². The number of benzene rings is 2. The van der Waals surface area contributed by atoms with Crippen molar-refractivity contribution in [3.8, 4) is 11.3 Å². The van der Waals surface area contributed by atoms with Crippen LogP contribution in [0.25, 0.3) is 22.0 Å². The molecule has 1 aliphatic rings. The van der Waals surface area contributed by atoms with E-state index in [0.717, 1.165) is 27.8 Å². The van der Waals surface area contributed by atoms with E-state index in [-0.39, 0.29) is 6.10 Å². The van der Waals surface area contributed by atoms with Crippen LogP contribution in [-0.4, -0.2) is 42.7 Å². The first-order valence-electron chi connectivity index (χ1n) is 8.26. The first-order chi connectivity index (χ1) is 12.3. The summed E-state index contributed by atoms with van der Waals surface area (Å²) in [6.45, 7) is 2.53. The van der Waals surface area contributed by atoms with Crippen LogP contribution in [-0.2, 0) is 9.47 Å². The Morgan fingerprint density at radius 3 is 2.56 bits per heavy atom. The lowest BCUT2D eigenvalue weighted by Gasteiger charge is -2.23. The summed E-state index contributed by atoms with van der Waals surface area (Å²) in [7, 11) is 0. The first-order valence-corrected chi connectivity index (χ1v) is 8.63. The van der Waals surface area contributed by atoms with E-state index in [9.17, 15) is 0 Å². The lowest BCUT2D eigenvalue weighted by molar-refractivity contribution is -0.0819. The van der Waals surface area contributed by atoms with Crippen LogP contribution in [0.2, 0.25) is 5.02 Å². The minimum atomic E-state index is 0.0326. The van der Waals surface area contributed by atoms with Gasteiger partial charge in [-0.2, -0.15) is 0 Å². The van der Waals surface area contributed by atoms with E-state index in [2.05, 4.69) is 21.6 Å². The predicted octanol–water partition coefficient (Wildman–Crippen LogP) is 3.78. The lowest BCUT2D eigenvalue weighted by atomic mass is 10.0. The van der Waals surface area contributed by atoms with Gasteiger partial charge in [-0.3, -0.25) is 0 Å². The van der Waals surface area contributed by atoms with E-state index in [1.807, 2.05) is 42.5 Å². The highest BCUT2D eigenvalue weighted by atomic mass is 35.5. The van der Waals surface area contributed by atoms with E-state index in [0.29, 0.717) is 31.4 Å². The quantitative estimate of drug-likeness (QED) is 0.772. The maximum Gasteiger partial charge on any atom is 0.156 e. The Bertz CT molecular complexity index is 864. The molecule has 0 radical (unpaired) electrons. The van der Waals surface area contributed by atoms with Crippen LogP contribution in [0.1, 0.15) is 0 Å². The molecule has 6 heteroatoms. The summed E-state index contributed by atoms with van der Waals surface area (Å²) in [6, 6.07) is 15.7. The molecule has 1 unspecified atom stereocenters. The number of fused-ring (bicyclic) bond motifs is 1. The van der Waals surface area contributed by atoms with Crippen molar-refractivity contribution in [2.45, 2.75) is 6.10 Å². The number of ether oxygens (including phenoxy) is 2. The van der Waals surface area contributed by atoms with Gasteiger partial charge in [0.15, 0.2) is 5.82 Å². The average Bonchev–Trinajstić information content (AvgIpc) is 2.68. The molecule has 1 atom stereocenters. The largest absolute Gasteiger partial charge is 0.376 e. The van der Waals surface area contributed by atoms with E-state index < -0.39 is 0 Å². The van der Waals surface area contributed by atoms with Crippen LogP contribution < -0.4 is 5.32 Å². The normalized spacial score (nSPS) is 17.6. The van der Waals surface area contributed by atoms with Crippen molar-refractivity contribution < 1.29 is 9.47 Å². The van der Waals surface area contributed by atoms with Crippen LogP contribution in [0.5, 0.6) is 0 Å². The standard InChI is InChI=1S/C19H18ClN3O2/c20-14-7-5-13(6-8-14)18-16-3-1-2-4-17(16)19(23-22-18)21-11-15-12-24-9-10-25-15/h1-8,15H,9-12H2,(H,21,23). The second-order valence-electron chi connectivity index (χ2n) is 5.90. The molecular formula is C19H18ClN3O2. The molecular weight excluding hydrogens is 338 g/mol. The van der Waals surface area contributed by atoms with Gasteiger partial charge in [0.05, 0.1) is 25.9 Å². The summed E-state index contributed by atoms with van der Waals surface area (Å²) < 4.78 is 11.1. The summed E-state index contributed by atoms with van der Waals surface area (Å²) in [5.41, 5.74) is 1.83. The summed E-state index contributed by atoms with van der Waals surface area (Å²) >= 11 is 5.99. The van der Waals surface area contributed by atoms with Crippen molar-refractivity contribution in [3.63, 3.8) is 0 Å². The predicted molar refractivity (Wildman–Crippen MR) is 99.0 cm³/mol. The van der Waals surface area contributed by atoms with Gasteiger partial charge in [0.1, 0.15) is 5.69 Å². The van der Waals surface area contributed by atoms with E-state index in [1.54, 1.807) is 0 Å². The molecule has 2 heterocycles. The third-order valence-electron chi connectivity index (χ3n) is 4.19. The molecule has 1 aromatic heterocycles. The Morgan fingerprint density at radius 1 is 1.00 bits per heavy atom. The maximum absolute atomic E-state index is 5.99. The van der Waals surface area contributed by atoms with Crippen LogP contribution >= 0.6 is 11.6 Å². The van der Waals surface area contributed by atoms with Crippen molar-refractivity contribution in [2.24, 2.45) is 0 Å². The molecule has 0 spiro atoms. The maximum atomic E-state index is 5.99. The second kappa shape index (κ2) is 7.35. The van der Waals surface area contributed by atoms with Gasteiger partial charge in [-0.1, -0.05) is 48.0 Å². The zero-order chi connectivity index (χ0) is 17.1. The Hall–Kier alpha value is -2.21. The molecule has 0 amide bonds. The highest BCUT2D eigenvalue weighted by Gasteiger charge is 2.16. The molecule has 1 aliphatic heterocycles. The molecule has 0 aliphatic carbocycles. The van der Waals surface area contributed by atoms with Gasteiger partial charge in [-0.25, -0.2) is 0 Å². The van der Waals surface area contributed by atoms with E-state index in [1.165, 1.54) is 0 Å². The van der Waals surface area contributed by atoms with Crippen molar-refractivity contribution in [1.82, 2.24) is 10.2 Å². The monoisotopic (exact) mass is 355 g/mol. The Labute approximate surface area is 150 Å². The van der Waals surface area contributed by atoms with Crippen molar-refractivity contribution in [3.05, 3.63) is 53.6 Å². The number of nitrogens with one attached hydrogen (secondary N) is 1. The molecule has 25 heavy (non-hydrogen) atoms. The number of aromatic nitrogens is 2. The lowest BCUT2D eigenvalue weighted by Crippen LogP contribution is -2.34. The molecule has 5 nitrogen and oxygen atoms in total. The third-order valence-corrected chi connectivity index (χ3v) is 4.44. The fourth-order valence-electron chi connectivity index (χ4n) is 2.92. The number of anilines is 1. The number of hydrogen-bond acceptors (Lipinski definition) is 5. The fourth-order valence-corrected chi connectivity index (χ4v) is 3.05. The molecule has 4 rings (SSSR count). The number of rotatable bonds is 4. The zero-order valence-electron chi connectivity index (χ0n) is 13.6. The number of nitrogens with zero attached hydrogens (tertiary/aromatic N) is 2. The van der Waals surface area contributed by atoms with Crippen LogP contribution in [0, 0.1) is 0 Å². The molecule has 1 N–H and O–H groups in total. The van der Waals surface area contributed by atoms with Gasteiger partial charge in [-0.05, 0) is 12.1 Å². The number of halogens is 1. The zero-order valence-corrected chi connectivity index (χ0v) is 14.4. The van der Waals surface area contributed by atoms with E-state index >= 15 is 0 Å². The Kier molecular flexibility index (Phi) is 4.78. The second-order valence-corrected chi connectivity index (χ2v) is 6.33. The van der Waals surface area contributed by atoms with E-state index in [4.69, 9.17) is 21.1 Å². The Balaban J connectivity index is 1.65. The van der Waals surface area contributed by atoms with Gasteiger partial charge in [0.25, 0.3) is 0 Å². The summed E-state index contributed by atoms with van der Waals surface area (Å²) in [6.07, 6.45) is 0.0326. The molecule has 1 fully saturated rings. The smallest absolute Gasteiger partial charge is 0.156 e. The van der Waals surface area contributed by atoms with Gasteiger partial charge in [0, 0.05) is 27.9 Å². The highest BCUT2D eigenvalue weighted by Crippen LogP contribution is 2.30. The molecule has 3 aromatic rings. The molecule has 128 valence electrons. The SMILES string of the molecule is Clc1ccc(-c2nnc(NCC3COCCO3)c3ccccc23)cc1. The highest BCUT2D eigenvalue weighted by molar-refractivity contribution is 6.30. The molecule has 2 aromatic carbocycles. The van der Waals surface area contributed by atoms with Crippen molar-refractivity contribution >= 4 is 28.2 Å². The summed E-state index contributed by atoms with van der Waals surface area (Å²) in [4.78, 5) is 0. The first kappa shape index (κ1) is 16.3. The van der Waals surface area contributed by atoms with Gasteiger partial charge in [-0.15, -0.1) is 10.2 Å². The van der Waals surface area contributed by atoms with Gasteiger partial charge < -0.3 is 14.8 Å². The Morgan fingerprint density at radius 2 is 1.80 bits per heavy atom. The molecule has 0 saturated carbocycles. The topological polar surface area (TPSA) is 56.3 Å². The van der Waals surface area contributed by atoms with Crippen LogP contribution in [0.4, 0.5) is 5.82 Å². The third kappa shape index (κ3) is 3.58. The van der Waals surface area contributed by atoms with Crippen molar-refractivity contribution in [1.29, 1.82) is 0 Å². The summed E-state index contributed by atoms with van der Waals surface area (Å²) in [5.74, 6) is 0.752. The molecule has 0 bridgehead atoms.